The second kappa shape index (κ2) is 7.61. The number of carbonyl (C=O) groups is 4. The van der Waals surface area contributed by atoms with Gasteiger partial charge in [0.25, 0.3) is 0 Å². The lowest BCUT2D eigenvalue weighted by Gasteiger charge is -2.18. The van der Waals surface area contributed by atoms with Crippen LogP contribution >= 0.6 is 0 Å². The molecular weight excluding hydrogens is 336 g/mol. The summed E-state index contributed by atoms with van der Waals surface area (Å²) in [6, 6.07) is 0. The molecular formula is C12H14O12. The van der Waals surface area contributed by atoms with Gasteiger partial charge in [0, 0.05) is 0 Å². The number of hydrogen-bond donors (Lipinski definition) is 6. The van der Waals surface area contributed by atoms with Crippen LogP contribution in [0.3, 0.4) is 0 Å². The van der Waals surface area contributed by atoms with Crippen molar-refractivity contribution in [2.45, 2.75) is 24.7 Å². The van der Waals surface area contributed by atoms with E-state index in [-0.39, 0.29) is 0 Å². The number of rotatable bonds is 8. The molecule has 1 heterocycles. The molecule has 1 aliphatic heterocycles. The monoisotopic (exact) mass is 350 g/mol. The Morgan fingerprint density at radius 3 is 2.12 bits per heavy atom. The molecule has 0 saturated heterocycles. The number of ether oxygens (including phenoxy) is 2. The second-order valence-electron chi connectivity index (χ2n) is 4.74. The molecule has 2 unspecified atom stereocenters. The smallest absolute Gasteiger partial charge is 0.377 e. The summed E-state index contributed by atoms with van der Waals surface area (Å²) < 4.78 is 8.89. The van der Waals surface area contributed by atoms with Gasteiger partial charge in [-0.2, -0.15) is 0 Å². The Kier molecular flexibility index (Phi) is 6.08. The third-order valence-corrected chi connectivity index (χ3v) is 3.04. The number of aliphatic carboxylic acids is 2. The van der Waals surface area contributed by atoms with Gasteiger partial charge in [-0.15, -0.1) is 0 Å². The lowest BCUT2D eigenvalue weighted by Crippen LogP contribution is -2.38. The number of esters is 2. The number of carbonyl (C=O) groups excluding carboxylic acids is 2. The van der Waals surface area contributed by atoms with E-state index in [0.29, 0.717) is 0 Å². The first-order chi connectivity index (χ1) is 11.1. The molecule has 134 valence electrons. The van der Waals surface area contributed by atoms with Crippen LogP contribution in [-0.4, -0.2) is 79.4 Å². The molecule has 0 aromatic heterocycles. The first kappa shape index (κ1) is 19.2. The van der Waals surface area contributed by atoms with Crippen LogP contribution in [0.25, 0.3) is 0 Å². The van der Waals surface area contributed by atoms with Crippen molar-refractivity contribution in [3.05, 3.63) is 11.5 Å². The van der Waals surface area contributed by atoms with Crippen molar-refractivity contribution >= 4 is 23.9 Å². The van der Waals surface area contributed by atoms with Gasteiger partial charge in [0.1, 0.15) is 18.6 Å². The summed E-state index contributed by atoms with van der Waals surface area (Å²) in [5.41, 5.74) is 0. The molecule has 12 nitrogen and oxygen atoms in total. The van der Waals surface area contributed by atoms with Gasteiger partial charge in [0.2, 0.25) is 5.76 Å². The van der Waals surface area contributed by atoms with E-state index < -0.39 is 72.7 Å². The lowest BCUT2D eigenvalue weighted by atomic mass is 9.99. The lowest BCUT2D eigenvalue weighted by molar-refractivity contribution is -0.165. The SMILES string of the molecule is O=C(CC(C(=O)O)C(O)C(=O)O)OC[C@@H](O)[C@H]1OC(=O)C(O)=C1O. The van der Waals surface area contributed by atoms with E-state index in [1.165, 1.54) is 0 Å². The van der Waals surface area contributed by atoms with E-state index >= 15 is 0 Å². The first-order valence-corrected chi connectivity index (χ1v) is 6.36. The molecule has 1 rings (SSSR count). The molecule has 1 aliphatic rings. The Hall–Kier alpha value is -2.86. The summed E-state index contributed by atoms with van der Waals surface area (Å²) in [5.74, 6) is -10.2. The normalized spacial score (nSPS) is 20.9. The third-order valence-electron chi connectivity index (χ3n) is 3.04. The Labute approximate surface area is 133 Å². The van der Waals surface area contributed by atoms with Crippen molar-refractivity contribution in [1.29, 1.82) is 0 Å². The van der Waals surface area contributed by atoms with Crippen molar-refractivity contribution < 1.29 is 59.3 Å². The number of carboxylic acids is 2. The number of carboxylic acid groups (broad SMARTS) is 2. The van der Waals surface area contributed by atoms with Crippen molar-refractivity contribution in [2.75, 3.05) is 6.61 Å². The molecule has 12 heteroatoms. The molecule has 6 N–H and O–H groups in total. The standard InChI is InChI=1S/C12H14O12/c13-4(9-7(16)8(17)12(22)24-9)2-23-5(14)1-3(10(18)19)6(15)11(20)21/h3-4,6,9,13,15-17H,1-2H2,(H,18,19)(H,20,21)/t3?,4-,6?,9-/m1/s1. The van der Waals surface area contributed by atoms with E-state index in [9.17, 15) is 34.5 Å². The maximum Gasteiger partial charge on any atom is 0.377 e. The molecule has 0 amide bonds. The molecule has 0 radical (unpaired) electrons. The van der Waals surface area contributed by atoms with Crippen LogP contribution in [0.15, 0.2) is 11.5 Å². The zero-order chi connectivity index (χ0) is 18.6. The largest absolute Gasteiger partial charge is 0.505 e. The van der Waals surface area contributed by atoms with Gasteiger partial charge in [-0.25, -0.2) is 9.59 Å². The zero-order valence-electron chi connectivity index (χ0n) is 11.9. The Morgan fingerprint density at radius 1 is 1.12 bits per heavy atom. The minimum Gasteiger partial charge on any atom is -0.505 e. The fraction of sp³-hybridized carbons (Fsp3) is 0.500. The van der Waals surface area contributed by atoms with E-state index in [2.05, 4.69) is 9.47 Å². The molecule has 0 aromatic rings. The van der Waals surface area contributed by atoms with Gasteiger partial charge in [-0.1, -0.05) is 0 Å². The van der Waals surface area contributed by atoms with Crippen LogP contribution in [0, 0.1) is 5.92 Å². The average molecular weight is 350 g/mol. The van der Waals surface area contributed by atoms with Crippen LogP contribution in [0.5, 0.6) is 0 Å². The fourth-order valence-electron chi connectivity index (χ4n) is 1.74. The summed E-state index contributed by atoms with van der Waals surface area (Å²) in [6.07, 6.45) is -6.80. The number of cyclic esters (lactones) is 1. The summed E-state index contributed by atoms with van der Waals surface area (Å²) in [4.78, 5) is 43.8. The van der Waals surface area contributed by atoms with Crippen molar-refractivity contribution in [1.82, 2.24) is 0 Å². The highest BCUT2D eigenvalue weighted by Gasteiger charge is 2.40. The topological polar surface area (TPSA) is 208 Å². The van der Waals surface area contributed by atoms with Crippen LogP contribution in [0.1, 0.15) is 6.42 Å². The van der Waals surface area contributed by atoms with E-state index in [1.807, 2.05) is 0 Å². The summed E-state index contributed by atoms with van der Waals surface area (Å²) in [6.45, 7) is -0.858. The van der Waals surface area contributed by atoms with Crippen LogP contribution in [0.2, 0.25) is 0 Å². The molecule has 0 fully saturated rings. The fourth-order valence-corrected chi connectivity index (χ4v) is 1.74. The highest BCUT2D eigenvalue weighted by Crippen LogP contribution is 2.21. The number of aliphatic hydroxyl groups is 4. The first-order valence-electron chi connectivity index (χ1n) is 6.36. The van der Waals surface area contributed by atoms with Crippen LogP contribution in [-0.2, 0) is 28.7 Å². The highest BCUT2D eigenvalue weighted by molar-refractivity contribution is 5.89. The average Bonchev–Trinajstić information content (AvgIpc) is 2.76. The molecule has 0 saturated carbocycles. The third kappa shape index (κ3) is 4.33. The Balaban J connectivity index is 2.58. The summed E-state index contributed by atoms with van der Waals surface area (Å²) >= 11 is 0. The summed E-state index contributed by atoms with van der Waals surface area (Å²) in [5, 5.41) is 54.5. The predicted octanol–water partition coefficient (Wildman–Crippen LogP) is -2.32. The quantitative estimate of drug-likeness (QED) is 0.255. The molecule has 24 heavy (non-hydrogen) atoms. The molecule has 0 aliphatic carbocycles. The van der Waals surface area contributed by atoms with Crippen molar-refractivity contribution in [2.24, 2.45) is 5.92 Å². The maximum atomic E-state index is 11.5. The predicted molar refractivity (Wildman–Crippen MR) is 68.5 cm³/mol. The van der Waals surface area contributed by atoms with Crippen molar-refractivity contribution in [3.8, 4) is 0 Å². The Bertz CT molecular complexity index is 579. The van der Waals surface area contributed by atoms with Crippen LogP contribution < -0.4 is 0 Å². The van der Waals surface area contributed by atoms with E-state index in [0.717, 1.165) is 0 Å². The number of hydrogen-bond acceptors (Lipinski definition) is 10. The molecule has 0 bridgehead atoms. The Morgan fingerprint density at radius 2 is 1.71 bits per heavy atom. The minimum absolute atomic E-state index is 0.858. The van der Waals surface area contributed by atoms with E-state index in [1.54, 1.807) is 0 Å². The van der Waals surface area contributed by atoms with Gasteiger partial charge >= 0.3 is 23.9 Å². The maximum absolute atomic E-state index is 11.5. The molecule has 0 aromatic carbocycles. The molecule has 4 atom stereocenters. The minimum atomic E-state index is -2.35. The zero-order valence-corrected chi connectivity index (χ0v) is 11.9. The summed E-state index contributed by atoms with van der Waals surface area (Å²) in [7, 11) is 0. The van der Waals surface area contributed by atoms with Gasteiger partial charge in [-0.05, 0) is 0 Å². The van der Waals surface area contributed by atoms with Crippen LogP contribution in [0.4, 0.5) is 0 Å². The van der Waals surface area contributed by atoms with Crippen molar-refractivity contribution in [3.63, 3.8) is 0 Å². The van der Waals surface area contributed by atoms with Gasteiger partial charge < -0.3 is 40.1 Å². The number of aliphatic hydroxyl groups excluding tert-OH is 4. The molecule has 0 spiro atoms. The second-order valence-corrected chi connectivity index (χ2v) is 4.74. The van der Waals surface area contributed by atoms with E-state index in [4.69, 9.17) is 15.3 Å². The highest BCUT2D eigenvalue weighted by atomic mass is 16.6. The van der Waals surface area contributed by atoms with Gasteiger partial charge in [-0.3, -0.25) is 9.59 Å². The van der Waals surface area contributed by atoms with Gasteiger partial charge in [0.05, 0.1) is 6.42 Å². The van der Waals surface area contributed by atoms with Gasteiger partial charge in [0.15, 0.2) is 18.0 Å².